The maximum atomic E-state index is 11.2. The molecule has 1 heterocycles. The third-order valence-electron chi connectivity index (χ3n) is 2.70. The van der Waals surface area contributed by atoms with Crippen LogP contribution in [0.4, 0.5) is 0 Å². The second-order valence-electron chi connectivity index (χ2n) is 3.77. The van der Waals surface area contributed by atoms with Crippen molar-refractivity contribution in [3.8, 4) is 22.8 Å². The average Bonchev–Trinajstić information content (AvgIpc) is 2.46. The zero-order valence-electron chi connectivity index (χ0n) is 10.6. The van der Waals surface area contributed by atoms with Gasteiger partial charge in [0.05, 0.1) is 25.5 Å². The van der Waals surface area contributed by atoms with Crippen LogP contribution in [0, 0.1) is 0 Å². The van der Waals surface area contributed by atoms with Gasteiger partial charge < -0.3 is 14.6 Å². The van der Waals surface area contributed by atoms with E-state index in [1.807, 2.05) is 0 Å². The number of ether oxygens (including phenoxy) is 2. The Morgan fingerprint density at radius 2 is 2.00 bits per heavy atom. The van der Waals surface area contributed by atoms with Gasteiger partial charge in [-0.3, -0.25) is 4.98 Å². The van der Waals surface area contributed by atoms with Crippen LogP contribution in [0.15, 0.2) is 36.5 Å². The standard InChI is InChI=1S/C14H13NO4/c1-18-9-5-6-10(12(8-9)19-2)13-11(14(16)17)4-3-7-15-13/h3-8H,1-2H3,(H,16,17). The molecule has 98 valence electrons. The number of hydrogen-bond donors (Lipinski definition) is 1. The predicted molar refractivity (Wildman–Crippen MR) is 69.7 cm³/mol. The normalized spacial score (nSPS) is 10.0. The van der Waals surface area contributed by atoms with E-state index in [0.29, 0.717) is 22.8 Å². The van der Waals surface area contributed by atoms with Crippen LogP contribution in [0.5, 0.6) is 11.5 Å². The molecular weight excluding hydrogens is 246 g/mol. The first-order valence-corrected chi connectivity index (χ1v) is 5.58. The lowest BCUT2D eigenvalue weighted by Crippen LogP contribution is -2.02. The van der Waals surface area contributed by atoms with Crippen molar-refractivity contribution in [3.05, 3.63) is 42.1 Å². The highest BCUT2D eigenvalue weighted by Gasteiger charge is 2.16. The molecule has 0 saturated heterocycles. The Morgan fingerprint density at radius 1 is 1.21 bits per heavy atom. The second-order valence-corrected chi connectivity index (χ2v) is 3.77. The van der Waals surface area contributed by atoms with Gasteiger partial charge in [-0.2, -0.15) is 0 Å². The van der Waals surface area contributed by atoms with Gasteiger partial charge in [0.25, 0.3) is 0 Å². The van der Waals surface area contributed by atoms with E-state index < -0.39 is 5.97 Å². The van der Waals surface area contributed by atoms with Crippen LogP contribution in [0.2, 0.25) is 0 Å². The van der Waals surface area contributed by atoms with E-state index >= 15 is 0 Å². The molecule has 1 aromatic carbocycles. The molecule has 5 heteroatoms. The van der Waals surface area contributed by atoms with Crippen LogP contribution in [-0.4, -0.2) is 30.3 Å². The highest BCUT2D eigenvalue weighted by Crippen LogP contribution is 2.33. The van der Waals surface area contributed by atoms with Crippen LogP contribution in [0.3, 0.4) is 0 Å². The van der Waals surface area contributed by atoms with Crippen LogP contribution < -0.4 is 9.47 Å². The van der Waals surface area contributed by atoms with E-state index in [1.54, 1.807) is 37.6 Å². The number of aromatic nitrogens is 1. The number of carboxylic acids is 1. The number of methoxy groups -OCH3 is 2. The van der Waals surface area contributed by atoms with Crippen molar-refractivity contribution in [2.75, 3.05) is 14.2 Å². The van der Waals surface area contributed by atoms with Crippen LogP contribution >= 0.6 is 0 Å². The molecule has 0 aliphatic heterocycles. The third-order valence-corrected chi connectivity index (χ3v) is 2.70. The molecule has 0 radical (unpaired) electrons. The lowest BCUT2D eigenvalue weighted by atomic mass is 10.0. The highest BCUT2D eigenvalue weighted by molar-refractivity contribution is 5.95. The van der Waals surface area contributed by atoms with E-state index in [9.17, 15) is 9.90 Å². The Labute approximate surface area is 110 Å². The third kappa shape index (κ3) is 2.49. The van der Waals surface area contributed by atoms with Crippen molar-refractivity contribution in [2.24, 2.45) is 0 Å². The quantitative estimate of drug-likeness (QED) is 0.913. The van der Waals surface area contributed by atoms with Crippen molar-refractivity contribution >= 4 is 5.97 Å². The molecule has 2 rings (SSSR count). The second kappa shape index (κ2) is 5.39. The zero-order valence-corrected chi connectivity index (χ0v) is 10.6. The van der Waals surface area contributed by atoms with Crippen LogP contribution in [-0.2, 0) is 0 Å². The van der Waals surface area contributed by atoms with Crippen LogP contribution in [0.1, 0.15) is 10.4 Å². The van der Waals surface area contributed by atoms with E-state index in [1.165, 1.54) is 13.2 Å². The van der Waals surface area contributed by atoms with Gasteiger partial charge in [-0.25, -0.2) is 4.79 Å². The minimum absolute atomic E-state index is 0.131. The number of rotatable bonds is 4. The molecule has 0 fully saturated rings. The molecule has 2 aromatic rings. The topological polar surface area (TPSA) is 68.7 Å². The van der Waals surface area contributed by atoms with E-state index in [2.05, 4.69) is 4.98 Å². The first-order chi connectivity index (χ1) is 9.17. The Balaban J connectivity index is 2.62. The number of hydrogen-bond acceptors (Lipinski definition) is 4. The first kappa shape index (κ1) is 12.9. The fraction of sp³-hybridized carbons (Fsp3) is 0.143. The lowest BCUT2D eigenvalue weighted by Gasteiger charge is -2.11. The number of aromatic carboxylic acids is 1. The monoisotopic (exact) mass is 259 g/mol. The molecule has 0 bridgehead atoms. The summed E-state index contributed by atoms with van der Waals surface area (Å²) in [4.78, 5) is 15.3. The fourth-order valence-electron chi connectivity index (χ4n) is 1.79. The number of carbonyl (C=O) groups is 1. The van der Waals surface area contributed by atoms with Gasteiger partial charge in [0.1, 0.15) is 11.5 Å². The van der Waals surface area contributed by atoms with Crippen molar-refractivity contribution in [1.82, 2.24) is 4.98 Å². The summed E-state index contributed by atoms with van der Waals surface area (Å²) in [6.07, 6.45) is 1.55. The molecule has 1 N–H and O–H groups in total. The van der Waals surface area contributed by atoms with Crippen molar-refractivity contribution in [3.63, 3.8) is 0 Å². The summed E-state index contributed by atoms with van der Waals surface area (Å²) in [6.45, 7) is 0. The number of pyridine rings is 1. The summed E-state index contributed by atoms with van der Waals surface area (Å²) < 4.78 is 10.4. The molecule has 0 saturated carbocycles. The molecule has 0 unspecified atom stereocenters. The summed E-state index contributed by atoms with van der Waals surface area (Å²) in [6, 6.07) is 8.25. The molecule has 0 amide bonds. The van der Waals surface area contributed by atoms with E-state index in [0.717, 1.165) is 0 Å². The smallest absolute Gasteiger partial charge is 0.337 e. The van der Waals surface area contributed by atoms with Gasteiger partial charge in [-0.05, 0) is 24.3 Å². The van der Waals surface area contributed by atoms with Crippen LogP contribution in [0.25, 0.3) is 11.3 Å². The average molecular weight is 259 g/mol. The highest BCUT2D eigenvalue weighted by atomic mass is 16.5. The first-order valence-electron chi connectivity index (χ1n) is 5.58. The Kier molecular flexibility index (Phi) is 3.66. The van der Waals surface area contributed by atoms with Gasteiger partial charge in [0.15, 0.2) is 0 Å². The molecule has 0 aliphatic carbocycles. The van der Waals surface area contributed by atoms with Gasteiger partial charge in [-0.1, -0.05) is 0 Å². The van der Waals surface area contributed by atoms with Crippen molar-refractivity contribution in [1.29, 1.82) is 0 Å². The summed E-state index contributed by atoms with van der Waals surface area (Å²) in [5.41, 5.74) is 1.11. The Hall–Kier alpha value is -2.56. The van der Waals surface area contributed by atoms with Crippen molar-refractivity contribution in [2.45, 2.75) is 0 Å². The number of carboxylic acid groups (broad SMARTS) is 1. The van der Waals surface area contributed by atoms with Gasteiger partial charge in [0.2, 0.25) is 0 Å². The summed E-state index contributed by atoms with van der Waals surface area (Å²) in [5, 5.41) is 9.19. The fourth-order valence-corrected chi connectivity index (χ4v) is 1.79. The SMILES string of the molecule is COc1ccc(-c2ncccc2C(=O)O)c(OC)c1. The summed E-state index contributed by atoms with van der Waals surface area (Å²) in [7, 11) is 3.07. The number of benzene rings is 1. The summed E-state index contributed by atoms with van der Waals surface area (Å²) >= 11 is 0. The molecule has 19 heavy (non-hydrogen) atoms. The maximum absolute atomic E-state index is 11.2. The largest absolute Gasteiger partial charge is 0.497 e. The van der Waals surface area contributed by atoms with Gasteiger partial charge >= 0.3 is 5.97 Å². The Morgan fingerprint density at radius 3 is 2.63 bits per heavy atom. The predicted octanol–water partition coefficient (Wildman–Crippen LogP) is 2.46. The molecular formula is C14H13NO4. The maximum Gasteiger partial charge on any atom is 0.337 e. The van der Waals surface area contributed by atoms with Gasteiger partial charge in [0, 0.05) is 17.8 Å². The van der Waals surface area contributed by atoms with E-state index in [4.69, 9.17) is 9.47 Å². The molecule has 0 aliphatic rings. The summed E-state index contributed by atoms with van der Waals surface area (Å²) in [5.74, 6) is 0.120. The number of nitrogens with zero attached hydrogens (tertiary/aromatic N) is 1. The Bertz CT molecular complexity index is 610. The van der Waals surface area contributed by atoms with E-state index in [-0.39, 0.29) is 5.56 Å². The minimum atomic E-state index is -1.03. The lowest BCUT2D eigenvalue weighted by molar-refractivity contribution is 0.0697. The molecule has 0 spiro atoms. The molecule has 0 atom stereocenters. The van der Waals surface area contributed by atoms with Gasteiger partial charge in [-0.15, -0.1) is 0 Å². The zero-order chi connectivity index (χ0) is 13.8. The molecule has 5 nitrogen and oxygen atoms in total. The molecule has 1 aromatic heterocycles. The minimum Gasteiger partial charge on any atom is -0.497 e. The van der Waals surface area contributed by atoms with Crippen molar-refractivity contribution < 1.29 is 19.4 Å².